The van der Waals surface area contributed by atoms with E-state index < -0.39 is 6.10 Å². The molecule has 1 N–H and O–H groups in total. The van der Waals surface area contributed by atoms with Gasteiger partial charge in [0.2, 0.25) is 0 Å². The summed E-state index contributed by atoms with van der Waals surface area (Å²) in [5, 5.41) is 3.06. The summed E-state index contributed by atoms with van der Waals surface area (Å²) in [5.41, 5.74) is 2.29. The molecule has 0 unspecified atom stereocenters. The van der Waals surface area contributed by atoms with Crippen LogP contribution >= 0.6 is 0 Å². The van der Waals surface area contributed by atoms with E-state index in [1.54, 1.807) is 0 Å². The molecule has 24 heavy (non-hydrogen) atoms. The number of carbonyl (C=O) groups is 1. The highest BCUT2D eigenvalue weighted by molar-refractivity contribution is 5.80. The highest BCUT2D eigenvalue weighted by atomic mass is 16.5. The number of hydrogen-bond acceptors (Lipinski definition) is 2. The van der Waals surface area contributed by atoms with Crippen LogP contribution in [-0.4, -0.2) is 18.6 Å². The van der Waals surface area contributed by atoms with Gasteiger partial charge in [0, 0.05) is 6.54 Å². The van der Waals surface area contributed by atoms with Crippen LogP contribution in [0.1, 0.15) is 77.3 Å². The highest BCUT2D eigenvalue weighted by Crippen LogP contribution is 2.28. The van der Waals surface area contributed by atoms with Crippen LogP contribution in [0.4, 0.5) is 0 Å². The molecule has 1 rings (SSSR count). The Morgan fingerprint density at radius 3 is 2.50 bits per heavy atom. The first-order valence-electron chi connectivity index (χ1n) is 9.43. The maximum absolute atomic E-state index is 12.4. The van der Waals surface area contributed by atoms with Gasteiger partial charge in [-0.2, -0.15) is 0 Å². The Labute approximate surface area is 148 Å². The van der Waals surface area contributed by atoms with Gasteiger partial charge in [-0.05, 0) is 49.3 Å². The Bertz CT molecular complexity index is 511. The molecule has 1 aromatic carbocycles. The molecule has 0 aliphatic heterocycles. The van der Waals surface area contributed by atoms with Gasteiger partial charge in [-0.3, -0.25) is 4.79 Å². The van der Waals surface area contributed by atoms with Gasteiger partial charge in [0.05, 0.1) is 0 Å². The third-order valence-electron chi connectivity index (χ3n) is 4.57. The van der Waals surface area contributed by atoms with Gasteiger partial charge in [0.15, 0.2) is 6.10 Å². The van der Waals surface area contributed by atoms with E-state index >= 15 is 0 Å². The summed E-state index contributed by atoms with van der Waals surface area (Å²) in [4.78, 5) is 12.4. The molecule has 136 valence electrons. The smallest absolute Gasteiger partial charge is 0.260 e. The lowest BCUT2D eigenvalue weighted by molar-refractivity contribution is -0.127. The number of amides is 1. The summed E-state index contributed by atoms with van der Waals surface area (Å²) in [7, 11) is 0. The fraction of sp³-hybridized carbons (Fsp3) is 0.667. The fourth-order valence-corrected chi connectivity index (χ4v) is 2.80. The molecule has 0 radical (unpaired) electrons. The van der Waals surface area contributed by atoms with E-state index in [1.807, 2.05) is 19.9 Å². The second-order valence-electron chi connectivity index (χ2n) is 7.12. The largest absolute Gasteiger partial charge is 0.481 e. The van der Waals surface area contributed by atoms with Crippen molar-refractivity contribution in [3.63, 3.8) is 0 Å². The predicted octanol–water partition coefficient (Wildman–Crippen LogP) is 5.22. The quantitative estimate of drug-likeness (QED) is 0.637. The summed E-state index contributed by atoms with van der Waals surface area (Å²) >= 11 is 0. The first kappa shape index (κ1) is 20.5. The van der Waals surface area contributed by atoms with Gasteiger partial charge in [0.25, 0.3) is 5.91 Å². The first-order valence-corrected chi connectivity index (χ1v) is 9.43. The molecule has 0 fully saturated rings. The minimum atomic E-state index is -0.479. The number of nitrogens with one attached hydrogen (secondary N) is 1. The second-order valence-corrected chi connectivity index (χ2v) is 7.12. The standard InChI is InChI=1S/C21H35NO2/c1-7-9-10-18(8-2)14-22-21(23)17(6)24-20-13-16(5)11-12-19(20)15(3)4/h11-13,15,17-18H,7-10,14H2,1-6H3,(H,22,23)/t17-,18-/m1/s1. The number of rotatable bonds is 10. The molecular weight excluding hydrogens is 298 g/mol. The number of carbonyl (C=O) groups excluding carboxylic acids is 1. The fourth-order valence-electron chi connectivity index (χ4n) is 2.80. The van der Waals surface area contributed by atoms with Gasteiger partial charge < -0.3 is 10.1 Å². The Morgan fingerprint density at radius 2 is 1.92 bits per heavy atom. The van der Waals surface area contributed by atoms with Crippen molar-refractivity contribution in [1.29, 1.82) is 0 Å². The molecule has 2 atom stereocenters. The Morgan fingerprint density at radius 1 is 1.21 bits per heavy atom. The SMILES string of the molecule is CCCC[C@@H](CC)CNC(=O)[C@@H](C)Oc1cc(C)ccc1C(C)C. The minimum absolute atomic E-state index is 0.0267. The molecular formula is C21H35NO2. The molecule has 0 saturated carbocycles. The number of benzene rings is 1. The number of ether oxygens (including phenoxy) is 1. The van der Waals surface area contributed by atoms with E-state index in [0.29, 0.717) is 11.8 Å². The zero-order chi connectivity index (χ0) is 18.1. The summed E-state index contributed by atoms with van der Waals surface area (Å²) in [6, 6.07) is 6.21. The molecule has 0 spiro atoms. The van der Waals surface area contributed by atoms with Crippen LogP contribution in [0.3, 0.4) is 0 Å². The predicted molar refractivity (Wildman–Crippen MR) is 102 cm³/mol. The summed E-state index contributed by atoms with van der Waals surface area (Å²) < 4.78 is 5.98. The number of aryl methyl sites for hydroxylation is 1. The van der Waals surface area contributed by atoms with E-state index in [0.717, 1.165) is 29.8 Å². The van der Waals surface area contributed by atoms with Crippen LogP contribution in [0.25, 0.3) is 0 Å². The topological polar surface area (TPSA) is 38.3 Å². The van der Waals surface area contributed by atoms with Crippen molar-refractivity contribution in [2.45, 2.75) is 79.2 Å². The lowest BCUT2D eigenvalue weighted by Crippen LogP contribution is -2.39. The van der Waals surface area contributed by atoms with Crippen molar-refractivity contribution >= 4 is 5.91 Å². The summed E-state index contributed by atoms with van der Waals surface area (Å²) in [6.45, 7) is 13.3. The van der Waals surface area contributed by atoms with Crippen molar-refractivity contribution in [1.82, 2.24) is 5.32 Å². The van der Waals surface area contributed by atoms with Gasteiger partial charge >= 0.3 is 0 Å². The summed E-state index contributed by atoms with van der Waals surface area (Å²) in [5.74, 6) is 1.73. The molecule has 1 amide bonds. The first-order chi connectivity index (χ1) is 11.4. The lowest BCUT2D eigenvalue weighted by Gasteiger charge is -2.21. The van der Waals surface area contributed by atoms with E-state index in [2.05, 4.69) is 45.1 Å². The molecule has 1 aromatic rings. The van der Waals surface area contributed by atoms with Crippen molar-refractivity contribution in [3.8, 4) is 5.75 Å². The maximum Gasteiger partial charge on any atom is 0.260 e. The zero-order valence-electron chi connectivity index (χ0n) is 16.3. The number of hydrogen-bond donors (Lipinski definition) is 1. The van der Waals surface area contributed by atoms with Crippen LogP contribution in [-0.2, 0) is 4.79 Å². The Kier molecular flexibility index (Phi) is 8.88. The van der Waals surface area contributed by atoms with Crippen molar-refractivity contribution in [2.75, 3.05) is 6.54 Å². The van der Waals surface area contributed by atoms with Gasteiger partial charge in [0.1, 0.15) is 5.75 Å². The Balaban J connectivity index is 2.62. The van der Waals surface area contributed by atoms with Crippen LogP contribution in [0.5, 0.6) is 5.75 Å². The van der Waals surface area contributed by atoms with Crippen molar-refractivity contribution < 1.29 is 9.53 Å². The third kappa shape index (κ3) is 6.54. The third-order valence-corrected chi connectivity index (χ3v) is 4.57. The van der Waals surface area contributed by atoms with Crippen LogP contribution in [0.15, 0.2) is 18.2 Å². The van der Waals surface area contributed by atoms with Gasteiger partial charge in [-0.15, -0.1) is 0 Å². The Hall–Kier alpha value is -1.51. The lowest BCUT2D eigenvalue weighted by atomic mass is 9.99. The second kappa shape index (κ2) is 10.4. The van der Waals surface area contributed by atoms with Gasteiger partial charge in [-0.1, -0.05) is 59.1 Å². The summed E-state index contributed by atoms with van der Waals surface area (Å²) in [6.07, 6.45) is 4.23. The average molecular weight is 334 g/mol. The highest BCUT2D eigenvalue weighted by Gasteiger charge is 2.18. The maximum atomic E-state index is 12.4. The molecule has 0 bridgehead atoms. The average Bonchev–Trinajstić information content (AvgIpc) is 2.54. The van der Waals surface area contributed by atoms with E-state index in [1.165, 1.54) is 19.3 Å². The van der Waals surface area contributed by atoms with Crippen molar-refractivity contribution in [3.05, 3.63) is 29.3 Å². The zero-order valence-corrected chi connectivity index (χ0v) is 16.3. The number of unbranched alkanes of at least 4 members (excludes halogenated alkanes) is 1. The van der Waals surface area contributed by atoms with Crippen LogP contribution < -0.4 is 10.1 Å². The molecule has 0 saturated heterocycles. The monoisotopic (exact) mass is 333 g/mol. The van der Waals surface area contributed by atoms with Crippen LogP contribution in [0.2, 0.25) is 0 Å². The van der Waals surface area contributed by atoms with E-state index in [4.69, 9.17) is 4.74 Å². The van der Waals surface area contributed by atoms with E-state index in [-0.39, 0.29) is 5.91 Å². The molecule has 3 nitrogen and oxygen atoms in total. The minimum Gasteiger partial charge on any atom is -0.481 e. The molecule has 0 aliphatic rings. The van der Waals surface area contributed by atoms with E-state index in [9.17, 15) is 4.79 Å². The molecule has 0 aliphatic carbocycles. The van der Waals surface area contributed by atoms with Crippen LogP contribution in [0, 0.1) is 12.8 Å². The molecule has 0 heterocycles. The van der Waals surface area contributed by atoms with Gasteiger partial charge in [-0.25, -0.2) is 0 Å². The normalized spacial score (nSPS) is 13.6. The van der Waals surface area contributed by atoms with Crippen molar-refractivity contribution in [2.24, 2.45) is 5.92 Å². The molecule has 0 aromatic heterocycles. The molecule has 3 heteroatoms.